The van der Waals surface area contributed by atoms with E-state index in [0.29, 0.717) is 25.9 Å². The maximum Gasteiger partial charge on any atom is 0.220 e. The largest absolute Gasteiger partial charge is 0.467 e. The van der Waals surface area contributed by atoms with Gasteiger partial charge in [-0.1, -0.05) is 6.07 Å². The summed E-state index contributed by atoms with van der Waals surface area (Å²) in [5.41, 5.74) is 1.71. The maximum absolute atomic E-state index is 12.2. The van der Waals surface area contributed by atoms with Crippen molar-refractivity contribution in [3.8, 4) is 0 Å². The van der Waals surface area contributed by atoms with E-state index >= 15 is 0 Å². The van der Waals surface area contributed by atoms with Gasteiger partial charge in [0.1, 0.15) is 17.1 Å². The summed E-state index contributed by atoms with van der Waals surface area (Å²) >= 11 is 1.70. The quantitative estimate of drug-likeness (QED) is 0.544. The minimum atomic E-state index is -0.0240. The zero-order valence-corrected chi connectivity index (χ0v) is 14.9. The van der Waals surface area contributed by atoms with Crippen molar-refractivity contribution in [3.05, 3.63) is 70.7 Å². The molecule has 0 bridgehead atoms. The zero-order chi connectivity index (χ0) is 17.8. The number of rotatable bonds is 7. The summed E-state index contributed by atoms with van der Waals surface area (Å²) in [6.07, 6.45) is 4.30. The number of carbonyl (C=O) groups excluding carboxylic acids is 1. The molecule has 0 radical (unpaired) electrons. The summed E-state index contributed by atoms with van der Waals surface area (Å²) in [5.74, 6) is 1.59. The molecule has 4 heterocycles. The second kappa shape index (κ2) is 7.53. The number of nitrogens with zero attached hydrogens (tertiary/aromatic N) is 3. The van der Waals surface area contributed by atoms with E-state index in [1.807, 2.05) is 24.3 Å². The Kier molecular flexibility index (Phi) is 4.79. The standard InChI is InChI=1S/C19H18N4O2S/c24-18(21-12-14-4-2-10-25-14)8-7-17-22-16-6-1-9-20-19(16)23(17)13-15-5-3-11-26-15/h1-6,9-11H,7-8,12-13H2,(H,21,24). The highest BCUT2D eigenvalue weighted by molar-refractivity contribution is 7.09. The SMILES string of the molecule is O=C(CCc1nc2cccnc2n1Cc1cccs1)NCc1ccco1. The lowest BCUT2D eigenvalue weighted by Crippen LogP contribution is -2.23. The first-order valence-corrected chi connectivity index (χ1v) is 9.29. The van der Waals surface area contributed by atoms with Crippen LogP contribution in [0.15, 0.2) is 58.7 Å². The van der Waals surface area contributed by atoms with Gasteiger partial charge in [-0.25, -0.2) is 9.97 Å². The van der Waals surface area contributed by atoms with Gasteiger partial charge in [0.25, 0.3) is 0 Å². The van der Waals surface area contributed by atoms with Crippen molar-refractivity contribution < 1.29 is 9.21 Å². The van der Waals surface area contributed by atoms with Crippen molar-refractivity contribution in [3.63, 3.8) is 0 Å². The topological polar surface area (TPSA) is 73.0 Å². The number of hydrogen-bond acceptors (Lipinski definition) is 5. The van der Waals surface area contributed by atoms with E-state index in [4.69, 9.17) is 4.42 Å². The molecule has 4 rings (SSSR count). The molecule has 0 aliphatic rings. The fourth-order valence-corrected chi connectivity index (χ4v) is 3.53. The van der Waals surface area contributed by atoms with Gasteiger partial charge in [-0.3, -0.25) is 4.79 Å². The predicted octanol–water partition coefficient (Wildman–Crippen LogP) is 3.38. The highest BCUT2D eigenvalue weighted by atomic mass is 32.1. The third-order valence-electron chi connectivity index (χ3n) is 4.09. The molecule has 0 atom stereocenters. The van der Waals surface area contributed by atoms with Crippen LogP contribution in [0.3, 0.4) is 0 Å². The van der Waals surface area contributed by atoms with Crippen molar-refractivity contribution in [1.82, 2.24) is 19.9 Å². The Labute approximate surface area is 154 Å². The Bertz CT molecular complexity index is 990. The molecule has 0 saturated carbocycles. The van der Waals surface area contributed by atoms with Crippen molar-refractivity contribution in [2.24, 2.45) is 0 Å². The highest BCUT2D eigenvalue weighted by Gasteiger charge is 2.14. The van der Waals surface area contributed by atoms with Gasteiger partial charge in [-0.05, 0) is 35.7 Å². The van der Waals surface area contributed by atoms with Gasteiger partial charge in [0.2, 0.25) is 5.91 Å². The molecular weight excluding hydrogens is 348 g/mol. The summed E-state index contributed by atoms with van der Waals surface area (Å²) in [6.45, 7) is 1.12. The second-order valence-electron chi connectivity index (χ2n) is 5.90. The van der Waals surface area contributed by atoms with Crippen LogP contribution in [0.5, 0.6) is 0 Å². The van der Waals surface area contributed by atoms with Crippen LogP contribution in [0, 0.1) is 0 Å². The third-order valence-corrected chi connectivity index (χ3v) is 4.95. The summed E-state index contributed by atoms with van der Waals surface area (Å²) in [6, 6.07) is 11.6. The number of aromatic nitrogens is 3. The Morgan fingerprint density at radius 1 is 1.23 bits per heavy atom. The normalized spacial score (nSPS) is 11.1. The van der Waals surface area contributed by atoms with Crippen LogP contribution in [0.25, 0.3) is 11.2 Å². The summed E-state index contributed by atoms with van der Waals surface area (Å²) in [4.78, 5) is 22.5. The molecule has 132 valence electrons. The summed E-state index contributed by atoms with van der Waals surface area (Å²) < 4.78 is 7.32. The second-order valence-corrected chi connectivity index (χ2v) is 6.93. The van der Waals surface area contributed by atoms with E-state index in [1.54, 1.807) is 29.9 Å². The van der Waals surface area contributed by atoms with Gasteiger partial charge in [-0.15, -0.1) is 11.3 Å². The highest BCUT2D eigenvalue weighted by Crippen LogP contribution is 2.19. The molecule has 7 heteroatoms. The van der Waals surface area contributed by atoms with Crippen LogP contribution >= 0.6 is 11.3 Å². The Hall–Kier alpha value is -2.93. The fraction of sp³-hybridized carbons (Fsp3) is 0.211. The number of carbonyl (C=O) groups is 1. The number of furan rings is 1. The van der Waals surface area contributed by atoms with E-state index in [1.165, 1.54) is 4.88 Å². The molecule has 0 spiro atoms. The molecule has 4 aromatic rings. The number of thiophene rings is 1. The Balaban J connectivity index is 1.47. The van der Waals surface area contributed by atoms with E-state index in [9.17, 15) is 4.79 Å². The van der Waals surface area contributed by atoms with Crippen molar-refractivity contribution in [1.29, 1.82) is 0 Å². The lowest BCUT2D eigenvalue weighted by Gasteiger charge is -2.08. The number of hydrogen-bond donors (Lipinski definition) is 1. The number of imidazole rings is 1. The molecule has 4 aromatic heterocycles. The van der Waals surface area contributed by atoms with E-state index < -0.39 is 0 Å². The zero-order valence-electron chi connectivity index (χ0n) is 14.1. The minimum Gasteiger partial charge on any atom is -0.467 e. The molecule has 26 heavy (non-hydrogen) atoms. The van der Waals surface area contributed by atoms with E-state index in [2.05, 4.69) is 31.3 Å². The third kappa shape index (κ3) is 3.67. The van der Waals surface area contributed by atoms with Crippen LogP contribution in [0.1, 0.15) is 22.9 Å². The molecule has 1 N–H and O–H groups in total. The Morgan fingerprint density at radius 3 is 3.00 bits per heavy atom. The van der Waals surface area contributed by atoms with Crippen molar-refractivity contribution >= 4 is 28.4 Å². The molecule has 0 aliphatic heterocycles. The number of aryl methyl sites for hydroxylation is 1. The first-order valence-electron chi connectivity index (χ1n) is 8.41. The number of nitrogens with one attached hydrogen (secondary N) is 1. The van der Waals surface area contributed by atoms with Gasteiger partial charge in [0.15, 0.2) is 5.65 Å². The molecule has 1 amide bonds. The van der Waals surface area contributed by atoms with Crippen molar-refractivity contribution in [2.75, 3.05) is 0 Å². The van der Waals surface area contributed by atoms with Crippen LogP contribution in [0.2, 0.25) is 0 Å². The molecule has 0 unspecified atom stereocenters. The summed E-state index contributed by atoms with van der Waals surface area (Å²) in [5, 5.41) is 4.93. The molecule has 0 saturated heterocycles. The summed E-state index contributed by atoms with van der Waals surface area (Å²) in [7, 11) is 0. The van der Waals surface area contributed by atoms with Crippen LogP contribution in [-0.2, 0) is 24.3 Å². The average molecular weight is 366 g/mol. The molecular formula is C19H18N4O2S. The van der Waals surface area contributed by atoms with E-state index in [0.717, 1.165) is 22.7 Å². The predicted molar refractivity (Wildman–Crippen MR) is 99.8 cm³/mol. The van der Waals surface area contributed by atoms with Gasteiger partial charge in [-0.2, -0.15) is 0 Å². The molecule has 0 fully saturated rings. The lowest BCUT2D eigenvalue weighted by atomic mass is 10.2. The Morgan fingerprint density at radius 2 is 2.19 bits per heavy atom. The molecule has 0 aliphatic carbocycles. The first-order chi connectivity index (χ1) is 12.8. The first kappa shape index (κ1) is 16.5. The number of pyridine rings is 1. The molecule has 0 aromatic carbocycles. The van der Waals surface area contributed by atoms with Gasteiger partial charge in [0.05, 0.1) is 19.4 Å². The maximum atomic E-state index is 12.2. The monoisotopic (exact) mass is 366 g/mol. The fourth-order valence-electron chi connectivity index (χ4n) is 2.83. The van der Waals surface area contributed by atoms with Crippen molar-refractivity contribution in [2.45, 2.75) is 25.9 Å². The number of fused-ring (bicyclic) bond motifs is 1. The smallest absolute Gasteiger partial charge is 0.220 e. The van der Waals surface area contributed by atoms with Crippen LogP contribution in [-0.4, -0.2) is 20.4 Å². The van der Waals surface area contributed by atoms with Gasteiger partial charge in [0, 0.05) is 23.9 Å². The number of amides is 1. The average Bonchev–Trinajstić information content (AvgIpc) is 3.41. The van der Waals surface area contributed by atoms with E-state index in [-0.39, 0.29) is 5.91 Å². The molecule has 6 nitrogen and oxygen atoms in total. The van der Waals surface area contributed by atoms with Crippen LogP contribution in [0.4, 0.5) is 0 Å². The van der Waals surface area contributed by atoms with Gasteiger partial charge >= 0.3 is 0 Å². The van der Waals surface area contributed by atoms with Gasteiger partial charge < -0.3 is 14.3 Å². The van der Waals surface area contributed by atoms with Crippen LogP contribution < -0.4 is 5.32 Å². The minimum absolute atomic E-state index is 0.0240. The lowest BCUT2D eigenvalue weighted by molar-refractivity contribution is -0.121.